The minimum absolute atomic E-state index is 0.0661. The molecule has 0 bridgehead atoms. The maximum atomic E-state index is 12.5. The van der Waals surface area contributed by atoms with Crippen molar-refractivity contribution < 1.29 is 9.53 Å². The molecule has 2 saturated heterocycles. The highest BCUT2D eigenvalue weighted by Crippen LogP contribution is 2.26. The molecular weight excluding hydrogens is 304 g/mol. The Balaban J connectivity index is 1.56. The van der Waals surface area contributed by atoms with Gasteiger partial charge in [0.05, 0.1) is 11.6 Å². The molecule has 1 amide bonds. The molecule has 6 heteroatoms. The van der Waals surface area contributed by atoms with Gasteiger partial charge in [-0.1, -0.05) is 0 Å². The molecular formula is C18H22N4O2. The molecule has 2 aliphatic heterocycles. The summed E-state index contributed by atoms with van der Waals surface area (Å²) in [6.45, 7) is 3.40. The summed E-state index contributed by atoms with van der Waals surface area (Å²) in [7, 11) is 0. The fourth-order valence-corrected chi connectivity index (χ4v) is 3.48. The van der Waals surface area contributed by atoms with Crippen molar-refractivity contribution in [3.8, 4) is 0 Å². The fraction of sp³-hybridized carbons (Fsp3) is 0.500. The lowest BCUT2D eigenvalue weighted by Crippen LogP contribution is -2.31. The van der Waals surface area contributed by atoms with E-state index in [1.54, 1.807) is 6.33 Å². The van der Waals surface area contributed by atoms with Gasteiger partial charge in [-0.25, -0.2) is 9.97 Å². The summed E-state index contributed by atoms with van der Waals surface area (Å²) < 4.78 is 5.55. The number of hydrogen-bond acceptors (Lipinski definition) is 5. The number of nitrogens with one attached hydrogen (secondary N) is 1. The number of fused-ring (bicyclic) bond motifs is 1. The van der Waals surface area contributed by atoms with E-state index in [1.807, 2.05) is 18.2 Å². The number of rotatable bonds is 4. The second kappa shape index (κ2) is 6.73. The van der Waals surface area contributed by atoms with Crippen LogP contribution in [0.25, 0.3) is 10.9 Å². The molecule has 0 spiro atoms. The largest absolute Gasteiger partial charge is 0.376 e. The number of hydrogen-bond donors (Lipinski definition) is 1. The van der Waals surface area contributed by atoms with Crippen molar-refractivity contribution in [2.75, 3.05) is 31.1 Å². The monoisotopic (exact) mass is 326 g/mol. The van der Waals surface area contributed by atoms with Gasteiger partial charge in [-0.3, -0.25) is 4.79 Å². The fourth-order valence-electron chi connectivity index (χ4n) is 3.48. The van der Waals surface area contributed by atoms with Crippen molar-refractivity contribution in [3.05, 3.63) is 30.1 Å². The second-order valence-corrected chi connectivity index (χ2v) is 6.47. The number of anilines is 1. The minimum Gasteiger partial charge on any atom is -0.376 e. The Kier molecular flexibility index (Phi) is 4.30. The van der Waals surface area contributed by atoms with Crippen LogP contribution in [0.15, 0.2) is 24.5 Å². The van der Waals surface area contributed by atoms with E-state index in [1.165, 1.54) is 12.8 Å². The Morgan fingerprint density at radius 2 is 2.12 bits per heavy atom. The molecule has 2 aromatic rings. The standard InChI is InChI=1S/C18H22N4O2/c23-18(19-11-14-4-3-9-24-14)13-5-6-16-15(10-13)17(21-12-20-16)22-7-1-2-8-22/h5-6,10,12,14H,1-4,7-9,11H2,(H,19,23)/t14-/m0/s1. The van der Waals surface area contributed by atoms with E-state index in [9.17, 15) is 4.79 Å². The first-order valence-corrected chi connectivity index (χ1v) is 8.71. The van der Waals surface area contributed by atoms with Crippen LogP contribution in [0, 0.1) is 0 Å². The summed E-state index contributed by atoms with van der Waals surface area (Å²) in [4.78, 5) is 23.5. The average Bonchev–Trinajstić information content (AvgIpc) is 3.32. The summed E-state index contributed by atoms with van der Waals surface area (Å²) in [5, 5.41) is 3.92. The van der Waals surface area contributed by atoms with Gasteiger partial charge >= 0.3 is 0 Å². The van der Waals surface area contributed by atoms with E-state index in [0.717, 1.165) is 49.3 Å². The van der Waals surface area contributed by atoms with Crippen LogP contribution in [0.5, 0.6) is 0 Å². The third-order valence-electron chi connectivity index (χ3n) is 4.80. The first-order valence-electron chi connectivity index (χ1n) is 8.71. The highest BCUT2D eigenvalue weighted by atomic mass is 16.5. The quantitative estimate of drug-likeness (QED) is 0.932. The van der Waals surface area contributed by atoms with E-state index in [2.05, 4.69) is 20.2 Å². The van der Waals surface area contributed by atoms with Crippen molar-refractivity contribution in [3.63, 3.8) is 0 Å². The lowest BCUT2D eigenvalue weighted by molar-refractivity contribution is 0.0858. The molecule has 2 aliphatic rings. The third-order valence-corrected chi connectivity index (χ3v) is 4.80. The predicted molar refractivity (Wildman–Crippen MR) is 92.3 cm³/mol. The Hall–Kier alpha value is -2.21. The molecule has 0 unspecified atom stereocenters. The Labute approximate surface area is 141 Å². The second-order valence-electron chi connectivity index (χ2n) is 6.47. The lowest BCUT2D eigenvalue weighted by atomic mass is 10.1. The van der Waals surface area contributed by atoms with E-state index in [0.29, 0.717) is 12.1 Å². The average molecular weight is 326 g/mol. The van der Waals surface area contributed by atoms with Gasteiger partial charge in [-0.2, -0.15) is 0 Å². The lowest BCUT2D eigenvalue weighted by Gasteiger charge is -2.18. The summed E-state index contributed by atoms with van der Waals surface area (Å²) in [6, 6.07) is 5.64. The Bertz CT molecular complexity index is 737. The van der Waals surface area contributed by atoms with Crippen LogP contribution in [0.4, 0.5) is 5.82 Å². The number of benzene rings is 1. The van der Waals surface area contributed by atoms with Gasteiger partial charge in [0.1, 0.15) is 12.1 Å². The molecule has 2 fully saturated rings. The summed E-state index contributed by atoms with van der Waals surface area (Å²) in [6.07, 6.45) is 6.23. The molecule has 3 heterocycles. The van der Waals surface area contributed by atoms with Crippen LogP contribution >= 0.6 is 0 Å². The van der Waals surface area contributed by atoms with E-state index in [-0.39, 0.29) is 12.0 Å². The summed E-state index contributed by atoms with van der Waals surface area (Å²) >= 11 is 0. The zero-order valence-corrected chi connectivity index (χ0v) is 13.7. The predicted octanol–water partition coefficient (Wildman–Crippen LogP) is 2.14. The SMILES string of the molecule is O=C(NC[C@@H]1CCCO1)c1ccc2ncnc(N3CCCC3)c2c1. The Morgan fingerprint density at radius 3 is 2.92 bits per heavy atom. The molecule has 1 aromatic heterocycles. The van der Waals surface area contributed by atoms with Gasteiger partial charge < -0.3 is 15.0 Å². The number of aromatic nitrogens is 2. The first kappa shape index (κ1) is 15.3. The Morgan fingerprint density at radius 1 is 1.25 bits per heavy atom. The topological polar surface area (TPSA) is 67.3 Å². The van der Waals surface area contributed by atoms with Crippen molar-refractivity contribution in [2.24, 2.45) is 0 Å². The van der Waals surface area contributed by atoms with Crippen molar-refractivity contribution >= 4 is 22.6 Å². The van der Waals surface area contributed by atoms with E-state index in [4.69, 9.17) is 4.74 Å². The molecule has 0 aliphatic carbocycles. The maximum Gasteiger partial charge on any atom is 0.251 e. The summed E-state index contributed by atoms with van der Waals surface area (Å²) in [5.74, 6) is 0.870. The van der Waals surface area contributed by atoms with Gasteiger partial charge in [-0.05, 0) is 43.9 Å². The number of carbonyl (C=O) groups excluding carboxylic acids is 1. The zero-order valence-electron chi connectivity index (χ0n) is 13.7. The first-order chi connectivity index (χ1) is 11.8. The van der Waals surface area contributed by atoms with Gasteiger partial charge in [0.15, 0.2) is 0 Å². The molecule has 0 radical (unpaired) electrons. The van der Waals surface area contributed by atoms with Crippen LogP contribution in [0.2, 0.25) is 0 Å². The van der Waals surface area contributed by atoms with Crippen molar-refractivity contribution in [1.82, 2.24) is 15.3 Å². The summed E-state index contributed by atoms with van der Waals surface area (Å²) in [5.41, 5.74) is 1.53. The van der Waals surface area contributed by atoms with Crippen LogP contribution in [0.1, 0.15) is 36.0 Å². The highest BCUT2D eigenvalue weighted by molar-refractivity contribution is 6.00. The van der Waals surface area contributed by atoms with Gasteiger partial charge in [0, 0.05) is 37.2 Å². The molecule has 1 atom stereocenters. The minimum atomic E-state index is -0.0661. The molecule has 6 nitrogen and oxygen atoms in total. The number of amides is 1. The number of ether oxygens (including phenoxy) is 1. The number of carbonyl (C=O) groups is 1. The molecule has 4 rings (SSSR count). The maximum absolute atomic E-state index is 12.5. The van der Waals surface area contributed by atoms with Gasteiger partial charge in [-0.15, -0.1) is 0 Å². The molecule has 126 valence electrons. The highest BCUT2D eigenvalue weighted by Gasteiger charge is 2.19. The van der Waals surface area contributed by atoms with Crippen LogP contribution in [-0.2, 0) is 4.74 Å². The smallest absolute Gasteiger partial charge is 0.251 e. The van der Waals surface area contributed by atoms with Gasteiger partial charge in [0.2, 0.25) is 0 Å². The van der Waals surface area contributed by atoms with Crippen molar-refractivity contribution in [1.29, 1.82) is 0 Å². The third kappa shape index (κ3) is 3.06. The number of nitrogens with zero attached hydrogens (tertiary/aromatic N) is 3. The molecule has 1 aromatic carbocycles. The van der Waals surface area contributed by atoms with Crippen LogP contribution in [0.3, 0.4) is 0 Å². The molecule has 1 N–H and O–H groups in total. The van der Waals surface area contributed by atoms with Crippen LogP contribution in [-0.4, -0.2) is 48.2 Å². The van der Waals surface area contributed by atoms with E-state index < -0.39 is 0 Å². The van der Waals surface area contributed by atoms with Gasteiger partial charge in [0.25, 0.3) is 5.91 Å². The normalized spacial score (nSPS) is 20.7. The van der Waals surface area contributed by atoms with Crippen LogP contribution < -0.4 is 10.2 Å². The van der Waals surface area contributed by atoms with E-state index >= 15 is 0 Å². The molecule has 0 saturated carbocycles. The van der Waals surface area contributed by atoms with Crippen molar-refractivity contribution in [2.45, 2.75) is 31.8 Å². The molecule has 24 heavy (non-hydrogen) atoms. The zero-order chi connectivity index (χ0) is 16.4.